The monoisotopic (exact) mass is 436 g/mol. The number of carbonyl (C=O) groups excluding carboxylic acids is 1. The van der Waals surface area contributed by atoms with Crippen LogP contribution in [0.3, 0.4) is 0 Å². The molecule has 3 aromatic rings. The molecule has 0 bridgehead atoms. The van der Waals surface area contributed by atoms with E-state index in [9.17, 15) is 4.79 Å². The Morgan fingerprint density at radius 1 is 1.06 bits per heavy atom. The number of benzene rings is 2. The van der Waals surface area contributed by atoms with Crippen LogP contribution in [-0.2, 0) is 4.79 Å². The molecule has 0 aliphatic rings. The van der Waals surface area contributed by atoms with E-state index in [2.05, 4.69) is 37.9 Å². The molecule has 170 valence electrons. The highest BCUT2D eigenvalue weighted by atomic mass is 16.5. The number of nitrogens with one attached hydrogen (secondary N) is 1. The number of fused-ring (bicyclic) bond motifs is 1. The van der Waals surface area contributed by atoms with Gasteiger partial charge in [0.05, 0.1) is 7.11 Å². The molecular formula is C26H32N2O4. The number of amides is 1. The Labute approximate surface area is 189 Å². The summed E-state index contributed by atoms with van der Waals surface area (Å²) < 4.78 is 17.1. The Kier molecular flexibility index (Phi) is 7.95. The van der Waals surface area contributed by atoms with Crippen LogP contribution in [0.25, 0.3) is 17.0 Å². The second kappa shape index (κ2) is 10.9. The highest BCUT2D eigenvalue weighted by Gasteiger charge is 2.14. The molecular weight excluding hydrogens is 404 g/mol. The van der Waals surface area contributed by atoms with Crippen LogP contribution in [0.5, 0.6) is 11.5 Å². The largest absolute Gasteiger partial charge is 0.493 e. The zero-order chi connectivity index (χ0) is 23.1. The predicted octanol–water partition coefficient (Wildman–Crippen LogP) is 5.59. The maximum atomic E-state index is 12.4. The number of carbonyl (C=O) groups is 1. The molecule has 1 aromatic heterocycles. The van der Waals surface area contributed by atoms with Gasteiger partial charge in [0.15, 0.2) is 11.5 Å². The van der Waals surface area contributed by atoms with Gasteiger partial charge in [-0.3, -0.25) is 9.69 Å². The Bertz CT molecular complexity index is 1030. The maximum absolute atomic E-state index is 12.4. The minimum atomic E-state index is -0.257. The van der Waals surface area contributed by atoms with Crippen LogP contribution in [0.2, 0.25) is 0 Å². The van der Waals surface area contributed by atoms with Gasteiger partial charge < -0.3 is 19.2 Å². The molecule has 0 saturated heterocycles. The molecule has 0 spiro atoms. The first kappa shape index (κ1) is 23.4. The number of hydrogen-bond acceptors (Lipinski definition) is 5. The van der Waals surface area contributed by atoms with Crippen LogP contribution < -0.4 is 14.8 Å². The third-order valence-electron chi connectivity index (χ3n) is 5.21. The van der Waals surface area contributed by atoms with Crippen LogP contribution in [0.1, 0.15) is 33.5 Å². The van der Waals surface area contributed by atoms with Crippen molar-refractivity contribution in [3.63, 3.8) is 0 Å². The number of anilines is 1. The molecule has 2 aromatic carbocycles. The number of methoxy groups -OCH3 is 1. The summed E-state index contributed by atoms with van der Waals surface area (Å²) in [6.45, 7) is 10.0. The second-order valence-corrected chi connectivity index (χ2v) is 8.15. The summed E-state index contributed by atoms with van der Waals surface area (Å²) in [4.78, 5) is 14.8. The van der Waals surface area contributed by atoms with Gasteiger partial charge in [-0.15, -0.1) is 0 Å². The van der Waals surface area contributed by atoms with Crippen molar-refractivity contribution < 1.29 is 18.7 Å². The fourth-order valence-electron chi connectivity index (χ4n) is 3.67. The molecule has 0 saturated carbocycles. The van der Waals surface area contributed by atoms with E-state index in [1.54, 1.807) is 31.4 Å². The van der Waals surface area contributed by atoms with E-state index in [-0.39, 0.29) is 5.91 Å². The van der Waals surface area contributed by atoms with E-state index in [1.165, 1.54) is 6.08 Å². The van der Waals surface area contributed by atoms with Crippen LogP contribution in [0, 0.1) is 0 Å². The lowest BCUT2D eigenvalue weighted by Crippen LogP contribution is -2.39. The van der Waals surface area contributed by atoms with Gasteiger partial charge in [0.2, 0.25) is 5.91 Å². The van der Waals surface area contributed by atoms with Gasteiger partial charge >= 0.3 is 0 Å². The lowest BCUT2D eigenvalue weighted by Gasteiger charge is -2.30. The average molecular weight is 437 g/mol. The first-order chi connectivity index (χ1) is 15.4. The minimum Gasteiger partial charge on any atom is -0.493 e. The molecule has 3 rings (SSSR count). The smallest absolute Gasteiger partial charge is 0.248 e. The average Bonchev–Trinajstić information content (AvgIpc) is 3.18. The molecule has 0 fully saturated rings. The van der Waals surface area contributed by atoms with Crippen molar-refractivity contribution in [3.05, 3.63) is 60.4 Å². The van der Waals surface area contributed by atoms with Crippen molar-refractivity contribution in [2.45, 2.75) is 39.8 Å². The van der Waals surface area contributed by atoms with E-state index in [4.69, 9.17) is 13.9 Å². The molecule has 0 unspecified atom stereocenters. The Hall–Kier alpha value is -3.25. The highest BCUT2D eigenvalue weighted by molar-refractivity contribution is 6.02. The Morgan fingerprint density at radius 2 is 1.81 bits per heavy atom. The minimum absolute atomic E-state index is 0.257. The molecule has 1 amide bonds. The van der Waals surface area contributed by atoms with E-state index in [0.29, 0.717) is 41.6 Å². The fraction of sp³-hybridized carbons (Fsp3) is 0.346. The summed E-state index contributed by atoms with van der Waals surface area (Å²) in [5.74, 6) is 1.59. The van der Waals surface area contributed by atoms with E-state index in [0.717, 1.165) is 17.5 Å². The van der Waals surface area contributed by atoms with E-state index in [1.807, 2.05) is 30.3 Å². The first-order valence-corrected chi connectivity index (χ1v) is 10.9. The van der Waals surface area contributed by atoms with Gasteiger partial charge in [-0.25, -0.2) is 0 Å². The number of para-hydroxylation sites is 1. The van der Waals surface area contributed by atoms with E-state index >= 15 is 0 Å². The van der Waals surface area contributed by atoms with E-state index < -0.39 is 0 Å². The molecule has 0 radical (unpaired) electrons. The van der Waals surface area contributed by atoms with Gasteiger partial charge in [0, 0.05) is 41.8 Å². The van der Waals surface area contributed by atoms with Gasteiger partial charge in [-0.05, 0) is 58.0 Å². The third kappa shape index (κ3) is 6.14. The van der Waals surface area contributed by atoms with Crippen molar-refractivity contribution in [3.8, 4) is 11.5 Å². The molecule has 1 N–H and O–H groups in total. The Balaban J connectivity index is 1.62. The summed E-state index contributed by atoms with van der Waals surface area (Å²) in [6, 6.07) is 15.8. The van der Waals surface area contributed by atoms with Crippen LogP contribution >= 0.6 is 0 Å². The second-order valence-electron chi connectivity index (χ2n) is 8.15. The number of furan rings is 1. The molecule has 32 heavy (non-hydrogen) atoms. The van der Waals surface area contributed by atoms with Gasteiger partial charge in [0.1, 0.15) is 18.0 Å². The quantitative estimate of drug-likeness (QED) is 0.420. The lowest BCUT2D eigenvalue weighted by molar-refractivity contribution is -0.111. The fourth-order valence-corrected chi connectivity index (χ4v) is 3.67. The maximum Gasteiger partial charge on any atom is 0.248 e. The molecule has 0 aliphatic heterocycles. The number of nitrogens with zero attached hydrogens (tertiary/aromatic N) is 1. The zero-order valence-corrected chi connectivity index (χ0v) is 19.4. The molecule has 0 aliphatic carbocycles. The number of rotatable bonds is 10. The topological polar surface area (TPSA) is 63.9 Å². The summed E-state index contributed by atoms with van der Waals surface area (Å²) in [7, 11) is 1.60. The van der Waals surface area contributed by atoms with Gasteiger partial charge in [-0.1, -0.05) is 18.2 Å². The van der Waals surface area contributed by atoms with Crippen molar-refractivity contribution in [2.75, 3.05) is 25.6 Å². The van der Waals surface area contributed by atoms with Gasteiger partial charge in [0.25, 0.3) is 0 Å². The van der Waals surface area contributed by atoms with Crippen molar-refractivity contribution in [2.24, 2.45) is 0 Å². The molecule has 6 nitrogen and oxygen atoms in total. The van der Waals surface area contributed by atoms with Crippen molar-refractivity contribution in [1.82, 2.24) is 4.90 Å². The van der Waals surface area contributed by atoms with Crippen molar-refractivity contribution in [1.29, 1.82) is 0 Å². The highest BCUT2D eigenvalue weighted by Crippen LogP contribution is 2.30. The molecule has 1 heterocycles. The molecule has 0 atom stereocenters. The summed E-state index contributed by atoms with van der Waals surface area (Å²) in [5.41, 5.74) is 1.42. The lowest BCUT2D eigenvalue weighted by atomic mass is 10.2. The number of ether oxygens (including phenoxy) is 2. The van der Waals surface area contributed by atoms with Crippen LogP contribution in [0.4, 0.5) is 5.69 Å². The number of hydrogen-bond donors (Lipinski definition) is 1. The normalized spacial score (nSPS) is 11.8. The first-order valence-electron chi connectivity index (χ1n) is 10.9. The molecule has 6 heteroatoms. The Morgan fingerprint density at radius 3 is 2.50 bits per heavy atom. The summed E-state index contributed by atoms with van der Waals surface area (Å²) in [5, 5.41) is 3.86. The van der Waals surface area contributed by atoms with Gasteiger partial charge in [-0.2, -0.15) is 0 Å². The standard InChI is InChI=1S/C26H32N2O4/c1-18(2)28(19(3)4)14-15-31-25-17-21(10-12-24(25)30-5)27-26(29)13-11-22-16-20-8-6-7-9-23(20)32-22/h6-13,16-19H,14-15H2,1-5H3,(H,27,29)/b13-11+. The van der Waals surface area contributed by atoms with Crippen LogP contribution in [0.15, 0.2) is 59.0 Å². The zero-order valence-electron chi connectivity index (χ0n) is 19.4. The SMILES string of the molecule is COc1ccc(NC(=O)/C=C/c2cc3ccccc3o2)cc1OCCN(C(C)C)C(C)C. The summed E-state index contributed by atoms with van der Waals surface area (Å²) >= 11 is 0. The third-order valence-corrected chi connectivity index (χ3v) is 5.21. The van der Waals surface area contributed by atoms with Crippen LogP contribution in [-0.4, -0.2) is 43.2 Å². The summed E-state index contributed by atoms with van der Waals surface area (Å²) in [6.07, 6.45) is 3.11. The predicted molar refractivity (Wildman–Crippen MR) is 129 cm³/mol. The van der Waals surface area contributed by atoms with Crippen molar-refractivity contribution >= 4 is 28.6 Å².